The van der Waals surface area contributed by atoms with Gasteiger partial charge in [0.2, 0.25) is 0 Å². The molecule has 0 N–H and O–H groups in total. The molecule has 4 heteroatoms. The number of rotatable bonds is 6. The number of hydrogen-bond acceptors (Lipinski definition) is 4. The van der Waals surface area contributed by atoms with E-state index in [0.29, 0.717) is 23.7 Å². The van der Waals surface area contributed by atoms with Crippen LogP contribution in [-0.4, -0.2) is 13.4 Å². The Bertz CT molecular complexity index is 551. The number of aldehydes is 1. The lowest BCUT2D eigenvalue weighted by Crippen LogP contribution is -2.01. The fraction of sp³-hybridized carbons (Fsp3) is 0.133. The zero-order valence-corrected chi connectivity index (χ0v) is 10.5. The van der Waals surface area contributed by atoms with Gasteiger partial charge in [0.1, 0.15) is 12.4 Å². The molecule has 0 aliphatic heterocycles. The lowest BCUT2D eigenvalue weighted by Gasteiger charge is -2.11. The predicted molar refractivity (Wildman–Crippen MR) is 70.2 cm³/mol. The van der Waals surface area contributed by atoms with E-state index in [1.165, 1.54) is 7.11 Å². The van der Waals surface area contributed by atoms with Crippen LogP contribution in [0.4, 0.5) is 0 Å². The van der Waals surface area contributed by atoms with Crippen LogP contribution in [-0.2, 0) is 11.5 Å². The first kappa shape index (κ1) is 13.1. The third-order valence-electron chi connectivity index (χ3n) is 2.57. The van der Waals surface area contributed by atoms with Gasteiger partial charge in [-0.3, -0.25) is 4.79 Å². The molecule has 2 aromatic rings. The Labute approximate surface area is 111 Å². The molecule has 2 rings (SSSR count). The van der Waals surface area contributed by atoms with Crippen LogP contribution in [0, 0.1) is 0 Å². The van der Waals surface area contributed by atoms with E-state index in [4.69, 9.17) is 9.62 Å². The fourth-order valence-corrected chi connectivity index (χ4v) is 1.66. The van der Waals surface area contributed by atoms with Gasteiger partial charge in [-0.05, 0) is 18.2 Å². The van der Waals surface area contributed by atoms with Gasteiger partial charge in [0.15, 0.2) is 12.0 Å². The maximum atomic E-state index is 10.9. The van der Waals surface area contributed by atoms with E-state index in [2.05, 4.69) is 4.89 Å². The van der Waals surface area contributed by atoms with Crippen molar-refractivity contribution in [2.75, 3.05) is 7.11 Å². The zero-order valence-electron chi connectivity index (χ0n) is 10.5. The summed E-state index contributed by atoms with van der Waals surface area (Å²) < 4.78 is 5.63. The normalized spacial score (nSPS) is 9.95. The van der Waals surface area contributed by atoms with E-state index < -0.39 is 0 Å². The van der Waals surface area contributed by atoms with Crippen LogP contribution < -0.4 is 9.62 Å². The van der Waals surface area contributed by atoms with E-state index in [-0.39, 0.29) is 0 Å². The van der Waals surface area contributed by atoms with E-state index >= 15 is 0 Å². The van der Waals surface area contributed by atoms with Gasteiger partial charge in [0.05, 0.1) is 12.7 Å². The molecule has 0 aliphatic carbocycles. The monoisotopic (exact) mass is 258 g/mol. The van der Waals surface area contributed by atoms with Crippen molar-refractivity contribution in [2.45, 2.75) is 6.61 Å². The molecule has 0 radical (unpaired) electrons. The predicted octanol–water partition coefficient (Wildman–Crippen LogP) is 3.02. The summed E-state index contributed by atoms with van der Waals surface area (Å²) in [7, 11) is 1.44. The highest BCUT2D eigenvalue weighted by Gasteiger charge is 2.06. The zero-order chi connectivity index (χ0) is 13.5. The first-order chi connectivity index (χ1) is 9.35. The Morgan fingerprint density at radius 2 is 1.68 bits per heavy atom. The van der Waals surface area contributed by atoms with Gasteiger partial charge < -0.3 is 9.62 Å². The second-order valence-corrected chi connectivity index (χ2v) is 3.80. The lowest BCUT2D eigenvalue weighted by molar-refractivity contribution is -0.179. The molecule has 0 bridgehead atoms. The van der Waals surface area contributed by atoms with Crippen molar-refractivity contribution in [1.29, 1.82) is 0 Å². The Balaban J connectivity index is 2.12. The average Bonchev–Trinajstić information content (AvgIpc) is 2.47. The van der Waals surface area contributed by atoms with Crippen molar-refractivity contribution >= 4 is 6.29 Å². The smallest absolute Gasteiger partial charge is 0.171 e. The summed E-state index contributed by atoms with van der Waals surface area (Å²) >= 11 is 0. The largest absolute Gasteiger partial charge is 0.488 e. The quantitative estimate of drug-likeness (QED) is 0.454. The summed E-state index contributed by atoms with van der Waals surface area (Å²) in [6, 6.07) is 14.5. The summed E-state index contributed by atoms with van der Waals surface area (Å²) in [6.07, 6.45) is 0.771. The molecule has 2 aromatic carbocycles. The highest BCUT2D eigenvalue weighted by molar-refractivity contribution is 5.79. The van der Waals surface area contributed by atoms with Crippen LogP contribution in [0.3, 0.4) is 0 Å². The van der Waals surface area contributed by atoms with Gasteiger partial charge in [-0.25, -0.2) is 0 Å². The van der Waals surface area contributed by atoms with Gasteiger partial charge in [-0.2, -0.15) is 4.89 Å². The van der Waals surface area contributed by atoms with Crippen LogP contribution >= 0.6 is 0 Å². The van der Waals surface area contributed by atoms with Crippen molar-refractivity contribution < 1.29 is 19.3 Å². The van der Waals surface area contributed by atoms with Gasteiger partial charge in [0.25, 0.3) is 0 Å². The fourth-order valence-electron chi connectivity index (χ4n) is 1.66. The van der Waals surface area contributed by atoms with Crippen molar-refractivity contribution in [3.63, 3.8) is 0 Å². The molecule has 4 nitrogen and oxygen atoms in total. The molecule has 0 heterocycles. The maximum Gasteiger partial charge on any atom is 0.171 e. The van der Waals surface area contributed by atoms with E-state index in [1.54, 1.807) is 24.3 Å². The molecular formula is C15H14O4. The maximum absolute atomic E-state index is 10.9. The van der Waals surface area contributed by atoms with Crippen molar-refractivity contribution in [3.8, 4) is 11.5 Å². The van der Waals surface area contributed by atoms with Crippen LogP contribution in [0.15, 0.2) is 48.5 Å². The summed E-state index contributed by atoms with van der Waals surface area (Å²) in [5, 5.41) is 0. The number of carbonyl (C=O) groups excluding carboxylic acids is 1. The van der Waals surface area contributed by atoms with E-state index in [0.717, 1.165) is 11.8 Å². The van der Waals surface area contributed by atoms with E-state index in [1.807, 2.05) is 24.3 Å². The number of benzene rings is 2. The lowest BCUT2D eigenvalue weighted by atomic mass is 10.2. The molecular weight excluding hydrogens is 244 g/mol. The first-order valence-electron chi connectivity index (χ1n) is 5.80. The Morgan fingerprint density at radius 1 is 1.00 bits per heavy atom. The number of hydrogen-bond donors (Lipinski definition) is 0. The average molecular weight is 258 g/mol. The third kappa shape index (κ3) is 3.33. The molecule has 19 heavy (non-hydrogen) atoms. The number of para-hydroxylation sites is 2. The summed E-state index contributed by atoms with van der Waals surface area (Å²) in [5.74, 6) is 1.14. The van der Waals surface area contributed by atoms with Gasteiger partial charge in [0, 0.05) is 5.56 Å². The summed E-state index contributed by atoms with van der Waals surface area (Å²) in [4.78, 5) is 20.6. The van der Waals surface area contributed by atoms with Crippen molar-refractivity contribution in [1.82, 2.24) is 0 Å². The third-order valence-corrected chi connectivity index (χ3v) is 2.57. The molecule has 0 aliphatic rings. The molecule has 0 fully saturated rings. The molecule has 0 saturated carbocycles. The molecule has 0 atom stereocenters. The van der Waals surface area contributed by atoms with E-state index in [9.17, 15) is 4.79 Å². The van der Waals surface area contributed by atoms with Gasteiger partial charge in [-0.1, -0.05) is 30.3 Å². The van der Waals surface area contributed by atoms with Crippen LogP contribution in [0.5, 0.6) is 11.5 Å². The molecule has 0 unspecified atom stereocenters. The second kappa shape index (κ2) is 6.56. The Hall–Kier alpha value is -2.33. The standard InChI is InChI=1S/C15H14O4/c1-17-19-15-9-5-3-7-13(15)11-18-14-8-4-2-6-12(14)10-16/h2-10H,11H2,1H3. The second-order valence-electron chi connectivity index (χ2n) is 3.80. The Kier molecular flexibility index (Phi) is 4.53. The molecule has 0 aromatic heterocycles. The van der Waals surface area contributed by atoms with Gasteiger partial charge in [-0.15, -0.1) is 0 Å². The number of carbonyl (C=O) groups is 1. The minimum atomic E-state index is 0.296. The minimum Gasteiger partial charge on any atom is -0.488 e. The van der Waals surface area contributed by atoms with Crippen LogP contribution in [0.25, 0.3) is 0 Å². The highest BCUT2D eigenvalue weighted by atomic mass is 17.2. The minimum absolute atomic E-state index is 0.296. The van der Waals surface area contributed by atoms with Crippen LogP contribution in [0.2, 0.25) is 0 Å². The topological polar surface area (TPSA) is 44.8 Å². The van der Waals surface area contributed by atoms with Crippen molar-refractivity contribution in [2.24, 2.45) is 0 Å². The first-order valence-corrected chi connectivity index (χ1v) is 5.80. The highest BCUT2D eigenvalue weighted by Crippen LogP contribution is 2.22. The molecule has 0 saturated heterocycles. The molecule has 98 valence electrons. The van der Waals surface area contributed by atoms with Gasteiger partial charge >= 0.3 is 0 Å². The Morgan fingerprint density at radius 3 is 2.42 bits per heavy atom. The number of ether oxygens (including phenoxy) is 1. The molecule has 0 spiro atoms. The summed E-state index contributed by atoms with van der Waals surface area (Å²) in [6.45, 7) is 0.296. The van der Waals surface area contributed by atoms with Crippen molar-refractivity contribution in [3.05, 3.63) is 59.7 Å². The molecule has 0 amide bonds. The summed E-state index contributed by atoms with van der Waals surface area (Å²) in [5.41, 5.74) is 1.36. The van der Waals surface area contributed by atoms with Crippen LogP contribution in [0.1, 0.15) is 15.9 Å². The SMILES string of the molecule is COOc1ccccc1COc1ccccc1C=O.